The van der Waals surface area contributed by atoms with E-state index in [1.165, 1.54) is 45.5 Å². The quantitative estimate of drug-likeness (QED) is 0.0942. The Morgan fingerprint density at radius 1 is 0.466 bits per heavy atom. The van der Waals surface area contributed by atoms with Crippen LogP contribution in [-0.4, -0.2) is 4.98 Å². The van der Waals surface area contributed by atoms with Crippen LogP contribution in [0.25, 0.3) is 55.8 Å². The second-order valence-electron chi connectivity index (χ2n) is 13.4. The Balaban J connectivity index is 0.00000124. The van der Waals surface area contributed by atoms with Crippen LogP contribution in [0.15, 0.2) is 176 Å². The Kier molecular flexibility index (Phi) is 16.2. The monoisotopic (exact) mass is 931 g/mol. The van der Waals surface area contributed by atoms with Crippen LogP contribution in [-0.2, 0) is 55.1 Å². The molecule has 0 saturated carbocycles. The van der Waals surface area contributed by atoms with Crippen LogP contribution in [0.4, 0.5) is 4.39 Å². The first-order chi connectivity index (χ1) is 28.2. The zero-order chi connectivity index (χ0) is 39.8. The summed E-state index contributed by atoms with van der Waals surface area (Å²) >= 11 is 0. The summed E-state index contributed by atoms with van der Waals surface area (Å²) in [6, 6.07) is 67.6. The van der Waals surface area contributed by atoms with E-state index in [0.29, 0.717) is 0 Å². The standard InChI is InChI=1S/C51H37FN.2CO.Ir/c52-46-30-28-44(29-31-46)51-35-49(43-26-24-42(25-27-43)41-16-8-3-9-17-41)50(36-53-51)48-19-11-10-18-47(48)45-33-39(22-20-37-12-4-1-5-13-37)32-40(34-45)23-21-38-14-6-2-7-15-38;2*1-2;/h1-4,6,8-19,24-28,30-36H,20-23H2;;;/q-3;;;+3. The maximum absolute atomic E-state index is 13.9. The summed E-state index contributed by atoms with van der Waals surface area (Å²) in [6.07, 6.45) is 5.73. The summed E-state index contributed by atoms with van der Waals surface area (Å²) in [5, 5.41) is 0. The Hall–Kier alpha value is -6.25. The predicted octanol–water partition coefficient (Wildman–Crippen LogP) is 12.4. The zero-order valence-electron chi connectivity index (χ0n) is 31.5. The van der Waals surface area contributed by atoms with Crippen molar-refractivity contribution in [1.29, 1.82) is 0 Å². The number of hydrogen-bond donors (Lipinski definition) is 0. The molecule has 1 aromatic heterocycles. The van der Waals surface area contributed by atoms with Gasteiger partial charge in [-0.25, -0.2) is 0 Å². The minimum Gasteiger partial charge on any atom is 3.00 e. The SMILES string of the molecule is Fc1c[c-]c(-c2cc(-c3ccc(-c4ccccc4)cc3)c(-c3ccccc3-c3cc(CCc4c[c-]ccc4)cc(CCc4c[c-]ccc4)c3)cn2)cc1.[C-]#[O+].[C-]#[O+].[Ir+3]. The van der Waals surface area contributed by atoms with Crippen LogP contribution in [0.2, 0.25) is 0 Å². The molecule has 282 valence electrons. The summed E-state index contributed by atoms with van der Waals surface area (Å²) in [6.45, 7) is 9.00. The van der Waals surface area contributed by atoms with E-state index >= 15 is 0 Å². The van der Waals surface area contributed by atoms with E-state index in [1.807, 2.05) is 24.4 Å². The van der Waals surface area contributed by atoms with Crippen molar-refractivity contribution >= 4 is 0 Å². The van der Waals surface area contributed by atoms with Crippen molar-refractivity contribution in [2.75, 3.05) is 0 Å². The number of nitrogens with zero attached hydrogens (tertiary/aromatic N) is 1. The second-order valence-corrected chi connectivity index (χ2v) is 13.4. The number of aryl methyl sites for hydroxylation is 4. The summed E-state index contributed by atoms with van der Waals surface area (Å²) in [5.41, 5.74) is 15.6. The molecule has 5 heteroatoms. The number of aromatic nitrogens is 1. The van der Waals surface area contributed by atoms with Gasteiger partial charge in [-0.1, -0.05) is 116 Å². The molecule has 0 fully saturated rings. The fourth-order valence-electron chi connectivity index (χ4n) is 7.02. The maximum atomic E-state index is 13.9. The summed E-state index contributed by atoms with van der Waals surface area (Å²) in [5.74, 6) is -0.318. The van der Waals surface area contributed by atoms with Gasteiger partial charge in [0.05, 0.1) is 0 Å². The van der Waals surface area contributed by atoms with E-state index in [-0.39, 0.29) is 25.9 Å². The Morgan fingerprint density at radius 3 is 1.59 bits per heavy atom. The maximum Gasteiger partial charge on any atom is 3.00 e. The molecule has 8 rings (SSSR count). The van der Waals surface area contributed by atoms with Crippen molar-refractivity contribution in [3.8, 4) is 55.8 Å². The number of hydrogen-bond acceptors (Lipinski definition) is 1. The van der Waals surface area contributed by atoms with Crippen molar-refractivity contribution < 1.29 is 33.8 Å². The molecule has 0 aliphatic carbocycles. The third kappa shape index (κ3) is 11.0. The van der Waals surface area contributed by atoms with Crippen molar-refractivity contribution in [2.24, 2.45) is 0 Å². The van der Waals surface area contributed by atoms with Gasteiger partial charge in [-0.3, -0.25) is 4.39 Å². The first-order valence-corrected chi connectivity index (χ1v) is 18.5. The average molecular weight is 931 g/mol. The molecule has 0 bridgehead atoms. The van der Waals surface area contributed by atoms with Crippen LogP contribution in [0, 0.1) is 37.3 Å². The van der Waals surface area contributed by atoms with E-state index < -0.39 is 0 Å². The van der Waals surface area contributed by atoms with Crippen LogP contribution >= 0.6 is 0 Å². The summed E-state index contributed by atoms with van der Waals surface area (Å²) < 4.78 is 28.9. The zero-order valence-corrected chi connectivity index (χ0v) is 33.9. The summed E-state index contributed by atoms with van der Waals surface area (Å²) in [4.78, 5) is 4.94. The first kappa shape index (κ1) is 42.9. The van der Waals surface area contributed by atoms with E-state index in [9.17, 15) is 4.39 Å². The molecule has 58 heavy (non-hydrogen) atoms. The molecule has 3 nitrogen and oxygen atoms in total. The van der Waals surface area contributed by atoms with E-state index in [0.717, 1.165) is 70.3 Å². The predicted molar refractivity (Wildman–Crippen MR) is 223 cm³/mol. The van der Waals surface area contributed by atoms with Gasteiger partial charge < -0.3 is 4.98 Å². The smallest absolute Gasteiger partial charge is 3.00 e. The first-order valence-electron chi connectivity index (χ1n) is 18.5. The molecule has 7 aromatic carbocycles. The van der Waals surface area contributed by atoms with Crippen molar-refractivity contribution in [2.45, 2.75) is 25.7 Å². The molecule has 0 unspecified atom stereocenters. The van der Waals surface area contributed by atoms with Crippen LogP contribution in [0.1, 0.15) is 22.3 Å². The van der Waals surface area contributed by atoms with Crippen molar-refractivity contribution in [1.82, 2.24) is 4.98 Å². The molecule has 1 heterocycles. The fourth-order valence-corrected chi connectivity index (χ4v) is 7.02. The molecule has 0 atom stereocenters. The molecule has 0 radical (unpaired) electrons. The number of pyridine rings is 1. The van der Waals surface area contributed by atoms with Gasteiger partial charge in [-0.2, -0.15) is 71.8 Å². The average Bonchev–Trinajstić information content (AvgIpc) is 3.30. The molecule has 0 N–H and O–H groups in total. The molecular weight excluding hydrogens is 894 g/mol. The van der Waals surface area contributed by atoms with E-state index in [4.69, 9.17) is 14.3 Å². The number of benzene rings is 7. The molecule has 0 saturated heterocycles. The van der Waals surface area contributed by atoms with Gasteiger partial charge in [0.15, 0.2) is 0 Å². The van der Waals surface area contributed by atoms with Gasteiger partial charge in [0.1, 0.15) is 0 Å². The summed E-state index contributed by atoms with van der Waals surface area (Å²) in [7, 11) is 0. The Morgan fingerprint density at radius 2 is 1.02 bits per heavy atom. The molecule has 0 spiro atoms. The fraction of sp³-hybridized carbons (Fsp3) is 0.0755. The molecule has 8 aromatic rings. The van der Waals surface area contributed by atoms with Crippen LogP contribution in [0.3, 0.4) is 0 Å². The Labute approximate surface area is 354 Å². The molecule has 0 amide bonds. The minimum absolute atomic E-state index is 0. The third-order valence-electron chi connectivity index (χ3n) is 9.79. The van der Waals surface area contributed by atoms with Gasteiger partial charge >= 0.3 is 42.7 Å². The van der Waals surface area contributed by atoms with Crippen molar-refractivity contribution in [3.05, 3.63) is 236 Å². The van der Waals surface area contributed by atoms with Gasteiger partial charge in [-0.15, -0.1) is 29.8 Å². The minimum atomic E-state index is -0.318. The van der Waals surface area contributed by atoms with Gasteiger partial charge in [0, 0.05) is 17.6 Å². The molecular formula is C53H37FIrNO2. The molecule has 0 aliphatic heterocycles. The van der Waals surface area contributed by atoms with Crippen LogP contribution in [0.5, 0.6) is 0 Å². The largest absolute Gasteiger partial charge is 3.00 e. The molecule has 0 aliphatic rings. The second kappa shape index (κ2) is 21.9. The normalized spacial score (nSPS) is 10.2. The number of halogens is 1. The van der Waals surface area contributed by atoms with Crippen LogP contribution < -0.4 is 0 Å². The van der Waals surface area contributed by atoms with Gasteiger partial charge in [-0.05, 0) is 68.6 Å². The van der Waals surface area contributed by atoms with Gasteiger partial charge in [0.25, 0.3) is 0 Å². The van der Waals surface area contributed by atoms with Gasteiger partial charge in [0.2, 0.25) is 0 Å². The Bertz CT molecular complexity index is 2470. The topological polar surface area (TPSA) is 52.7 Å². The third-order valence-corrected chi connectivity index (χ3v) is 9.79. The van der Waals surface area contributed by atoms with Crippen molar-refractivity contribution in [3.63, 3.8) is 0 Å². The van der Waals surface area contributed by atoms with E-state index in [2.05, 4.69) is 165 Å². The van der Waals surface area contributed by atoms with E-state index in [1.54, 1.807) is 6.07 Å². The number of rotatable bonds is 11.